The summed E-state index contributed by atoms with van der Waals surface area (Å²) in [7, 11) is -3.54. The minimum absolute atomic E-state index is 0.332. The first kappa shape index (κ1) is 16.3. The van der Waals surface area contributed by atoms with E-state index >= 15 is 0 Å². The minimum Gasteiger partial charge on any atom is -0.379 e. The summed E-state index contributed by atoms with van der Waals surface area (Å²) in [5, 5.41) is 8.35. The molecule has 0 amide bonds. The van der Waals surface area contributed by atoms with E-state index < -0.39 is 10.0 Å². The number of rotatable bonds is 3. The van der Waals surface area contributed by atoms with Crippen molar-refractivity contribution in [1.82, 2.24) is 14.5 Å². The van der Waals surface area contributed by atoms with Crippen LogP contribution in [0.3, 0.4) is 0 Å². The molecule has 0 saturated carbocycles. The van der Waals surface area contributed by atoms with Gasteiger partial charge in [-0.2, -0.15) is 9.40 Å². The van der Waals surface area contributed by atoms with Gasteiger partial charge in [-0.05, 0) is 24.6 Å². The van der Waals surface area contributed by atoms with Gasteiger partial charge < -0.3 is 4.74 Å². The molecule has 1 aliphatic heterocycles. The molecule has 1 aromatic heterocycles. The molecule has 0 radical (unpaired) electrons. The summed E-state index contributed by atoms with van der Waals surface area (Å²) >= 11 is 0. The number of ether oxygens (including phenoxy) is 1. The molecular formula is C18H19N3O3S. The molecule has 1 saturated heterocycles. The zero-order valence-corrected chi connectivity index (χ0v) is 14.7. The maximum absolute atomic E-state index is 13.0. The highest BCUT2D eigenvalue weighted by Gasteiger charge is 2.28. The molecule has 0 spiro atoms. The van der Waals surface area contributed by atoms with Gasteiger partial charge in [-0.1, -0.05) is 30.3 Å². The molecule has 1 aliphatic rings. The Labute approximate surface area is 146 Å². The van der Waals surface area contributed by atoms with Crippen LogP contribution in [0, 0.1) is 6.92 Å². The second-order valence-electron chi connectivity index (χ2n) is 6.11. The molecule has 2 heterocycles. The first-order valence-electron chi connectivity index (χ1n) is 8.19. The number of sulfonamides is 1. The van der Waals surface area contributed by atoms with Crippen LogP contribution < -0.4 is 0 Å². The van der Waals surface area contributed by atoms with Gasteiger partial charge in [0.25, 0.3) is 0 Å². The number of fused-ring (bicyclic) bond motifs is 1. The number of benzene rings is 2. The maximum Gasteiger partial charge on any atom is 0.243 e. The van der Waals surface area contributed by atoms with Crippen LogP contribution in [0.1, 0.15) is 5.56 Å². The molecule has 2 aromatic carbocycles. The number of nitrogens with zero attached hydrogens (tertiary/aromatic N) is 2. The van der Waals surface area contributed by atoms with Crippen molar-refractivity contribution in [3.63, 3.8) is 0 Å². The smallest absolute Gasteiger partial charge is 0.243 e. The predicted molar refractivity (Wildman–Crippen MR) is 95.8 cm³/mol. The van der Waals surface area contributed by atoms with E-state index in [1.807, 2.05) is 43.3 Å². The van der Waals surface area contributed by atoms with E-state index in [0.717, 1.165) is 27.7 Å². The molecule has 0 aliphatic carbocycles. The Morgan fingerprint density at radius 2 is 1.88 bits per heavy atom. The van der Waals surface area contributed by atoms with Crippen LogP contribution in [0.15, 0.2) is 47.4 Å². The molecule has 7 heteroatoms. The molecule has 1 fully saturated rings. The highest BCUT2D eigenvalue weighted by atomic mass is 32.2. The van der Waals surface area contributed by atoms with Crippen molar-refractivity contribution in [1.29, 1.82) is 0 Å². The average molecular weight is 357 g/mol. The highest BCUT2D eigenvalue weighted by molar-refractivity contribution is 7.89. The Hall–Kier alpha value is -2.22. The Kier molecular flexibility index (Phi) is 4.07. The minimum atomic E-state index is -3.54. The number of hydrogen-bond donors (Lipinski definition) is 1. The summed E-state index contributed by atoms with van der Waals surface area (Å²) in [6.45, 7) is 3.46. The normalized spacial score (nSPS) is 16.4. The first-order chi connectivity index (χ1) is 12.1. The van der Waals surface area contributed by atoms with Gasteiger partial charge in [0.2, 0.25) is 10.0 Å². The van der Waals surface area contributed by atoms with E-state index in [9.17, 15) is 8.42 Å². The highest BCUT2D eigenvalue weighted by Crippen LogP contribution is 2.30. The van der Waals surface area contributed by atoms with Gasteiger partial charge in [-0.3, -0.25) is 5.10 Å². The topological polar surface area (TPSA) is 75.3 Å². The van der Waals surface area contributed by atoms with Gasteiger partial charge in [0, 0.05) is 24.0 Å². The largest absolute Gasteiger partial charge is 0.379 e. The molecule has 1 N–H and O–H groups in total. The Morgan fingerprint density at radius 3 is 2.68 bits per heavy atom. The Bertz CT molecular complexity index is 1020. The number of aromatic amines is 1. The number of nitrogens with one attached hydrogen (secondary N) is 1. The average Bonchev–Trinajstić information content (AvgIpc) is 3.07. The van der Waals surface area contributed by atoms with E-state index in [0.29, 0.717) is 31.2 Å². The third-order valence-electron chi connectivity index (χ3n) is 4.52. The van der Waals surface area contributed by atoms with Crippen molar-refractivity contribution >= 4 is 20.9 Å². The lowest BCUT2D eigenvalue weighted by molar-refractivity contribution is 0.0730. The van der Waals surface area contributed by atoms with Crippen LogP contribution in [0.4, 0.5) is 0 Å². The van der Waals surface area contributed by atoms with Gasteiger partial charge in [0.15, 0.2) is 0 Å². The summed E-state index contributed by atoms with van der Waals surface area (Å²) in [5.74, 6) is 0. The molecule has 0 unspecified atom stereocenters. The first-order valence-corrected chi connectivity index (χ1v) is 9.63. The number of aryl methyl sites for hydroxylation is 1. The van der Waals surface area contributed by atoms with Gasteiger partial charge >= 0.3 is 0 Å². The number of H-pyrrole nitrogens is 1. The summed E-state index contributed by atoms with van der Waals surface area (Å²) < 4.78 is 32.8. The number of morpholine rings is 1. The van der Waals surface area contributed by atoms with Crippen molar-refractivity contribution in [2.45, 2.75) is 11.8 Å². The van der Waals surface area contributed by atoms with E-state index in [1.54, 1.807) is 6.07 Å². The maximum atomic E-state index is 13.0. The molecule has 0 bridgehead atoms. The number of aromatic nitrogens is 2. The lowest BCUT2D eigenvalue weighted by Gasteiger charge is -2.26. The molecular weight excluding hydrogens is 338 g/mol. The number of hydrogen-bond acceptors (Lipinski definition) is 4. The third-order valence-corrected chi connectivity index (χ3v) is 6.56. The van der Waals surface area contributed by atoms with Crippen LogP contribution >= 0.6 is 0 Å². The summed E-state index contributed by atoms with van der Waals surface area (Å²) in [6, 6.07) is 13.3. The SMILES string of the molecule is Cc1ccc(-c2n[nH]c3ccccc23)cc1S(=O)(=O)N1CCOCC1. The molecule has 0 atom stereocenters. The van der Waals surface area contributed by atoms with Crippen molar-refractivity contribution < 1.29 is 13.2 Å². The summed E-state index contributed by atoms with van der Waals surface area (Å²) in [4.78, 5) is 0.332. The lowest BCUT2D eigenvalue weighted by atomic mass is 10.1. The molecule has 4 rings (SSSR count). The van der Waals surface area contributed by atoms with E-state index in [-0.39, 0.29) is 0 Å². The molecule has 25 heavy (non-hydrogen) atoms. The number of para-hydroxylation sites is 1. The second-order valence-corrected chi connectivity index (χ2v) is 8.02. The predicted octanol–water partition coefficient (Wildman–Crippen LogP) is 2.56. The van der Waals surface area contributed by atoms with Crippen LogP contribution in [-0.2, 0) is 14.8 Å². The molecule has 3 aromatic rings. The van der Waals surface area contributed by atoms with Crippen molar-refractivity contribution in [3.8, 4) is 11.3 Å². The van der Waals surface area contributed by atoms with E-state index in [1.165, 1.54) is 4.31 Å². The second kappa shape index (κ2) is 6.25. The molecule has 6 nitrogen and oxygen atoms in total. The monoisotopic (exact) mass is 357 g/mol. The van der Waals surface area contributed by atoms with Gasteiger partial charge in [-0.15, -0.1) is 0 Å². The van der Waals surface area contributed by atoms with Crippen LogP contribution in [0.5, 0.6) is 0 Å². The van der Waals surface area contributed by atoms with Crippen LogP contribution in [0.2, 0.25) is 0 Å². The summed E-state index contributed by atoms with van der Waals surface area (Å²) in [5.41, 5.74) is 3.20. The Morgan fingerprint density at radius 1 is 1.12 bits per heavy atom. The zero-order valence-electron chi connectivity index (χ0n) is 13.9. The van der Waals surface area contributed by atoms with Crippen molar-refractivity contribution in [3.05, 3.63) is 48.0 Å². The zero-order chi connectivity index (χ0) is 17.4. The van der Waals surface area contributed by atoms with Crippen LogP contribution in [0.25, 0.3) is 22.2 Å². The fourth-order valence-electron chi connectivity index (χ4n) is 3.13. The van der Waals surface area contributed by atoms with E-state index in [4.69, 9.17) is 4.74 Å². The fraction of sp³-hybridized carbons (Fsp3) is 0.278. The Balaban J connectivity index is 1.81. The quantitative estimate of drug-likeness (QED) is 0.782. The van der Waals surface area contributed by atoms with Crippen molar-refractivity contribution in [2.24, 2.45) is 0 Å². The van der Waals surface area contributed by atoms with Gasteiger partial charge in [-0.25, -0.2) is 8.42 Å². The van der Waals surface area contributed by atoms with Gasteiger partial charge in [0.05, 0.1) is 29.3 Å². The molecule has 130 valence electrons. The summed E-state index contributed by atoms with van der Waals surface area (Å²) in [6.07, 6.45) is 0. The van der Waals surface area contributed by atoms with E-state index in [2.05, 4.69) is 10.2 Å². The van der Waals surface area contributed by atoms with Crippen LogP contribution in [-0.4, -0.2) is 49.2 Å². The lowest BCUT2D eigenvalue weighted by Crippen LogP contribution is -2.40. The van der Waals surface area contributed by atoms with Gasteiger partial charge in [0.1, 0.15) is 0 Å². The van der Waals surface area contributed by atoms with Crippen molar-refractivity contribution in [2.75, 3.05) is 26.3 Å². The standard InChI is InChI=1S/C18H19N3O3S/c1-13-6-7-14(18-15-4-2-3-5-16(15)19-20-18)12-17(13)25(22,23)21-8-10-24-11-9-21/h2-7,12H,8-11H2,1H3,(H,19,20). The third kappa shape index (κ3) is 2.84. The fourth-order valence-corrected chi connectivity index (χ4v) is 4.79.